The Morgan fingerprint density at radius 3 is 2.31 bits per heavy atom. The fraction of sp³-hybridized carbons (Fsp3) is 0.429. The van der Waals surface area contributed by atoms with Crippen LogP contribution in [0.5, 0.6) is 17.2 Å². The van der Waals surface area contributed by atoms with Crippen LogP contribution in [0.2, 0.25) is 0 Å². The molecule has 0 aromatic heterocycles. The van der Waals surface area contributed by atoms with E-state index in [4.69, 9.17) is 14.2 Å². The number of ether oxygens (including phenoxy) is 3. The standard InChI is InChI=1S/C28H36N2O6/c1-6-7-17-36-21-12-9-19(10-13-21)26(31)24-25(20-11-14-22(34-4)23(18-20)35-5)30(28(33)27(24)32)16-8-15-29(2)3/h9-14,18,25,31H,6-8,15-17H2,1-5H3/b26-24+/t25-/m1/s1. The molecular formula is C28H36N2O6. The van der Waals surface area contributed by atoms with Crippen molar-refractivity contribution in [1.29, 1.82) is 0 Å². The molecule has 0 saturated carbocycles. The molecule has 1 aliphatic heterocycles. The zero-order valence-electron chi connectivity index (χ0n) is 21.7. The highest BCUT2D eigenvalue weighted by Crippen LogP contribution is 2.42. The molecule has 36 heavy (non-hydrogen) atoms. The van der Waals surface area contributed by atoms with Crippen molar-refractivity contribution >= 4 is 17.4 Å². The first-order valence-electron chi connectivity index (χ1n) is 12.2. The molecule has 8 nitrogen and oxygen atoms in total. The van der Waals surface area contributed by atoms with E-state index in [1.807, 2.05) is 19.0 Å². The number of benzene rings is 2. The number of aliphatic hydroxyl groups is 1. The fourth-order valence-corrected chi connectivity index (χ4v) is 4.24. The molecular weight excluding hydrogens is 460 g/mol. The average molecular weight is 497 g/mol. The molecule has 3 rings (SSSR count). The lowest BCUT2D eigenvalue weighted by Gasteiger charge is -2.26. The van der Waals surface area contributed by atoms with Crippen molar-refractivity contribution < 1.29 is 28.9 Å². The monoisotopic (exact) mass is 496 g/mol. The number of amides is 1. The maximum absolute atomic E-state index is 13.2. The van der Waals surface area contributed by atoms with Gasteiger partial charge in [-0.1, -0.05) is 19.4 Å². The molecule has 1 saturated heterocycles. The normalized spacial score (nSPS) is 17.1. The summed E-state index contributed by atoms with van der Waals surface area (Å²) in [5.74, 6) is 0.130. The molecule has 8 heteroatoms. The Bertz CT molecular complexity index is 1090. The predicted molar refractivity (Wildman–Crippen MR) is 139 cm³/mol. The van der Waals surface area contributed by atoms with Crippen molar-refractivity contribution in [1.82, 2.24) is 9.80 Å². The summed E-state index contributed by atoms with van der Waals surface area (Å²) in [4.78, 5) is 29.9. The number of hydrogen-bond donors (Lipinski definition) is 1. The van der Waals surface area contributed by atoms with Gasteiger partial charge in [-0.15, -0.1) is 0 Å². The fourth-order valence-electron chi connectivity index (χ4n) is 4.24. The van der Waals surface area contributed by atoms with Crippen LogP contribution in [-0.2, 0) is 9.59 Å². The minimum Gasteiger partial charge on any atom is -0.507 e. The van der Waals surface area contributed by atoms with Crippen LogP contribution in [0, 0.1) is 0 Å². The first kappa shape index (κ1) is 27.1. The molecule has 2 aromatic rings. The smallest absolute Gasteiger partial charge is 0.295 e. The number of methoxy groups -OCH3 is 2. The van der Waals surface area contributed by atoms with Gasteiger partial charge >= 0.3 is 0 Å². The van der Waals surface area contributed by atoms with Gasteiger partial charge in [-0.3, -0.25) is 9.59 Å². The quantitative estimate of drug-likeness (QED) is 0.203. The number of aliphatic hydroxyl groups excluding tert-OH is 1. The second-order valence-electron chi connectivity index (χ2n) is 8.99. The molecule has 1 heterocycles. The summed E-state index contributed by atoms with van der Waals surface area (Å²) < 4.78 is 16.5. The summed E-state index contributed by atoms with van der Waals surface area (Å²) in [6, 6.07) is 11.4. The van der Waals surface area contributed by atoms with E-state index in [1.165, 1.54) is 12.0 Å². The zero-order valence-corrected chi connectivity index (χ0v) is 21.7. The number of rotatable bonds is 12. The molecule has 1 aliphatic rings. The average Bonchev–Trinajstić information content (AvgIpc) is 3.13. The predicted octanol–water partition coefficient (Wildman–Crippen LogP) is 4.26. The van der Waals surface area contributed by atoms with Gasteiger partial charge in [0.25, 0.3) is 11.7 Å². The molecule has 1 fully saturated rings. The summed E-state index contributed by atoms with van der Waals surface area (Å²) >= 11 is 0. The Hall–Kier alpha value is -3.52. The van der Waals surface area contributed by atoms with Gasteiger partial charge in [0, 0.05) is 12.1 Å². The van der Waals surface area contributed by atoms with Crippen molar-refractivity contribution in [3.63, 3.8) is 0 Å². The molecule has 1 amide bonds. The van der Waals surface area contributed by atoms with Crippen molar-refractivity contribution in [2.75, 3.05) is 48.0 Å². The summed E-state index contributed by atoms with van der Waals surface area (Å²) in [5, 5.41) is 11.3. The van der Waals surface area contributed by atoms with Crippen LogP contribution in [0.3, 0.4) is 0 Å². The molecule has 0 spiro atoms. The van der Waals surface area contributed by atoms with Gasteiger partial charge in [-0.25, -0.2) is 0 Å². The number of hydrogen-bond acceptors (Lipinski definition) is 7. The minimum absolute atomic E-state index is 0.0525. The van der Waals surface area contributed by atoms with Crippen LogP contribution >= 0.6 is 0 Å². The van der Waals surface area contributed by atoms with Crippen LogP contribution in [-0.4, -0.2) is 74.6 Å². The van der Waals surface area contributed by atoms with E-state index in [2.05, 4.69) is 6.92 Å². The second-order valence-corrected chi connectivity index (χ2v) is 8.99. The molecule has 0 aliphatic carbocycles. The number of carbonyl (C=O) groups is 2. The molecule has 0 radical (unpaired) electrons. The number of ketones is 1. The number of likely N-dealkylation sites (tertiary alicyclic amines) is 1. The first-order valence-corrected chi connectivity index (χ1v) is 12.2. The molecule has 0 unspecified atom stereocenters. The number of unbranched alkanes of at least 4 members (excludes halogenated alkanes) is 1. The van der Waals surface area contributed by atoms with Crippen LogP contribution in [0.4, 0.5) is 0 Å². The number of nitrogens with zero attached hydrogens (tertiary/aromatic N) is 2. The van der Waals surface area contributed by atoms with E-state index in [1.54, 1.807) is 49.6 Å². The van der Waals surface area contributed by atoms with E-state index < -0.39 is 17.7 Å². The lowest BCUT2D eigenvalue weighted by atomic mass is 9.95. The van der Waals surface area contributed by atoms with Gasteiger partial charge in [-0.05, 0) is 75.4 Å². The maximum Gasteiger partial charge on any atom is 0.295 e. The van der Waals surface area contributed by atoms with Gasteiger partial charge in [0.2, 0.25) is 0 Å². The third-order valence-corrected chi connectivity index (χ3v) is 6.16. The molecule has 1 atom stereocenters. The summed E-state index contributed by atoms with van der Waals surface area (Å²) in [6.07, 6.45) is 2.65. The Morgan fingerprint density at radius 2 is 1.69 bits per heavy atom. The lowest BCUT2D eigenvalue weighted by Crippen LogP contribution is -2.32. The Labute approximate surface area is 213 Å². The summed E-state index contributed by atoms with van der Waals surface area (Å²) in [7, 11) is 6.98. The van der Waals surface area contributed by atoms with Gasteiger partial charge in [0.1, 0.15) is 11.5 Å². The second kappa shape index (κ2) is 12.4. The largest absolute Gasteiger partial charge is 0.507 e. The SMILES string of the molecule is CCCCOc1ccc(/C(O)=C2\C(=O)C(=O)N(CCCN(C)C)[C@@H]2c2ccc(OC)c(OC)c2)cc1. The van der Waals surface area contributed by atoms with Crippen molar-refractivity contribution in [3.8, 4) is 17.2 Å². The van der Waals surface area contributed by atoms with E-state index >= 15 is 0 Å². The third-order valence-electron chi connectivity index (χ3n) is 6.16. The maximum atomic E-state index is 13.2. The van der Waals surface area contributed by atoms with Crippen molar-refractivity contribution in [2.45, 2.75) is 32.2 Å². The van der Waals surface area contributed by atoms with E-state index in [9.17, 15) is 14.7 Å². The van der Waals surface area contributed by atoms with Crippen molar-refractivity contribution in [3.05, 3.63) is 59.2 Å². The van der Waals surface area contributed by atoms with Gasteiger partial charge in [-0.2, -0.15) is 0 Å². The lowest BCUT2D eigenvalue weighted by molar-refractivity contribution is -0.139. The van der Waals surface area contributed by atoms with Gasteiger partial charge in [0.15, 0.2) is 11.5 Å². The Kier molecular flexibility index (Phi) is 9.36. The molecule has 2 aromatic carbocycles. The van der Waals surface area contributed by atoms with Crippen LogP contribution in [0.15, 0.2) is 48.0 Å². The third kappa shape index (κ3) is 5.99. The number of carbonyl (C=O) groups excluding carboxylic acids is 2. The number of Topliss-reactive ketones (excluding diaryl/α,β-unsaturated/α-hetero) is 1. The van der Waals surface area contributed by atoms with Crippen LogP contribution in [0.25, 0.3) is 5.76 Å². The zero-order chi connectivity index (χ0) is 26.2. The van der Waals surface area contributed by atoms with Gasteiger partial charge in [0.05, 0.1) is 32.4 Å². The molecule has 194 valence electrons. The minimum atomic E-state index is -0.757. The highest BCUT2D eigenvalue weighted by Gasteiger charge is 2.46. The first-order chi connectivity index (χ1) is 17.3. The topological polar surface area (TPSA) is 88.5 Å². The van der Waals surface area contributed by atoms with Crippen molar-refractivity contribution in [2.24, 2.45) is 0 Å². The van der Waals surface area contributed by atoms with Crippen LogP contribution in [0.1, 0.15) is 43.4 Å². The summed E-state index contributed by atoms with van der Waals surface area (Å²) in [5.41, 5.74) is 1.14. The van der Waals surface area contributed by atoms with Crippen LogP contribution < -0.4 is 14.2 Å². The summed E-state index contributed by atoms with van der Waals surface area (Å²) in [6.45, 7) is 3.82. The van der Waals surface area contributed by atoms with E-state index in [0.29, 0.717) is 47.9 Å². The Balaban J connectivity index is 2.04. The highest BCUT2D eigenvalue weighted by atomic mass is 16.5. The van der Waals surface area contributed by atoms with Gasteiger partial charge < -0.3 is 29.1 Å². The highest BCUT2D eigenvalue weighted by molar-refractivity contribution is 6.46. The van der Waals surface area contributed by atoms with E-state index in [-0.39, 0.29) is 11.3 Å². The Morgan fingerprint density at radius 1 is 1.00 bits per heavy atom. The molecule has 1 N–H and O–H groups in total. The molecule has 0 bridgehead atoms. The van der Waals surface area contributed by atoms with E-state index in [0.717, 1.165) is 19.4 Å².